The van der Waals surface area contributed by atoms with Crippen LogP contribution in [0.25, 0.3) is 0 Å². The van der Waals surface area contributed by atoms with E-state index in [2.05, 4.69) is 0 Å². The first-order valence-corrected chi connectivity index (χ1v) is 3.57. The summed E-state index contributed by atoms with van der Waals surface area (Å²) >= 11 is -1.83. The molecular weight excluding hydrogens is 224 g/mol. The quantitative estimate of drug-likeness (QED) is 0.560. The van der Waals surface area contributed by atoms with Crippen molar-refractivity contribution in [1.82, 2.24) is 0 Å². The van der Waals surface area contributed by atoms with Crippen LogP contribution in [-0.4, -0.2) is 54.2 Å². The molecule has 0 aromatic heterocycles. The van der Waals surface area contributed by atoms with Gasteiger partial charge in [-0.25, -0.2) is 4.21 Å². The molecule has 0 bridgehead atoms. The predicted octanol–water partition coefficient (Wildman–Crippen LogP) is 0.351. The summed E-state index contributed by atoms with van der Waals surface area (Å²) in [5.74, 6) is 0. The van der Waals surface area contributed by atoms with E-state index in [1.165, 1.54) is 0 Å². The van der Waals surface area contributed by atoms with Crippen molar-refractivity contribution >= 4 is 56.6 Å². The SMILES string of the molecule is O=S(O)c1ccccc1.[SrH2]. The number of benzene rings is 1. The van der Waals surface area contributed by atoms with Crippen molar-refractivity contribution in [2.45, 2.75) is 4.90 Å². The molecule has 0 radical (unpaired) electrons. The van der Waals surface area contributed by atoms with Gasteiger partial charge in [0.05, 0.1) is 4.90 Å². The normalized spacial score (nSPS) is 11.7. The molecule has 0 saturated heterocycles. The standard InChI is InChI=1S/C6H6O2S.Sr.2H/c7-9(8)6-4-2-1-3-5-6;;;/h1-5H,(H,7,8);;;. The second-order valence-corrected chi connectivity index (χ2v) is 2.53. The van der Waals surface area contributed by atoms with Crippen molar-refractivity contribution in [3.8, 4) is 0 Å². The van der Waals surface area contributed by atoms with Crippen LogP contribution in [0.3, 0.4) is 0 Å². The van der Waals surface area contributed by atoms with Gasteiger partial charge in [-0.05, 0) is 12.1 Å². The van der Waals surface area contributed by atoms with Crippen LogP contribution in [0.4, 0.5) is 0 Å². The van der Waals surface area contributed by atoms with Crippen molar-refractivity contribution < 1.29 is 8.76 Å². The van der Waals surface area contributed by atoms with Crippen LogP contribution in [0.5, 0.6) is 0 Å². The third-order valence-electron chi connectivity index (χ3n) is 0.945. The Hall–Kier alpha value is 0.811. The van der Waals surface area contributed by atoms with E-state index in [0.717, 1.165) is 0 Å². The van der Waals surface area contributed by atoms with Gasteiger partial charge in [0.15, 0.2) is 11.1 Å². The van der Waals surface area contributed by atoms with Crippen LogP contribution in [0.15, 0.2) is 35.2 Å². The Kier molecular flexibility index (Phi) is 5.90. The summed E-state index contributed by atoms with van der Waals surface area (Å²) in [7, 11) is 0. The Morgan fingerprint density at radius 1 is 1.20 bits per heavy atom. The van der Waals surface area contributed by atoms with Gasteiger partial charge in [0.1, 0.15) is 0 Å². The molecule has 0 aliphatic heterocycles. The summed E-state index contributed by atoms with van der Waals surface area (Å²) < 4.78 is 18.8. The molecule has 0 aliphatic carbocycles. The monoisotopic (exact) mass is 232 g/mol. The summed E-state index contributed by atoms with van der Waals surface area (Å²) in [6, 6.07) is 8.47. The molecule has 0 amide bonds. The zero-order valence-electron chi connectivity index (χ0n) is 4.65. The van der Waals surface area contributed by atoms with Crippen molar-refractivity contribution in [1.29, 1.82) is 0 Å². The molecule has 52 valence electrons. The molecule has 1 atom stereocenters. The van der Waals surface area contributed by atoms with Gasteiger partial charge in [-0.1, -0.05) is 18.2 Å². The summed E-state index contributed by atoms with van der Waals surface area (Å²) in [5.41, 5.74) is 0. The molecule has 0 heterocycles. The molecule has 0 spiro atoms. The van der Waals surface area contributed by atoms with Crippen molar-refractivity contribution in [3.05, 3.63) is 30.3 Å². The van der Waals surface area contributed by atoms with Gasteiger partial charge >= 0.3 is 45.5 Å². The molecule has 4 heteroatoms. The zero-order chi connectivity index (χ0) is 6.69. The first-order chi connectivity index (χ1) is 4.30. The van der Waals surface area contributed by atoms with Gasteiger partial charge < -0.3 is 4.55 Å². The molecule has 1 aromatic rings. The molecule has 1 aromatic carbocycles. The summed E-state index contributed by atoms with van der Waals surface area (Å²) in [6.07, 6.45) is 0. The van der Waals surface area contributed by atoms with Gasteiger partial charge in [0.2, 0.25) is 0 Å². The average Bonchev–Trinajstić information content (AvgIpc) is 1.90. The second kappa shape index (κ2) is 5.46. The topological polar surface area (TPSA) is 37.3 Å². The van der Waals surface area contributed by atoms with Gasteiger partial charge in [-0.15, -0.1) is 0 Å². The molecule has 0 fully saturated rings. The first kappa shape index (κ1) is 10.8. The third-order valence-corrected chi connectivity index (χ3v) is 1.62. The number of rotatable bonds is 1. The molecule has 1 unspecified atom stereocenters. The van der Waals surface area contributed by atoms with E-state index in [9.17, 15) is 4.21 Å². The fraction of sp³-hybridized carbons (Fsp3) is 0. The minimum atomic E-state index is -1.83. The Morgan fingerprint density at radius 3 is 2.00 bits per heavy atom. The molecule has 2 nitrogen and oxygen atoms in total. The van der Waals surface area contributed by atoms with Crippen molar-refractivity contribution in [3.63, 3.8) is 0 Å². The molecular formula is C6H8O2SSr. The fourth-order valence-corrected chi connectivity index (χ4v) is 0.927. The van der Waals surface area contributed by atoms with Crippen molar-refractivity contribution in [2.75, 3.05) is 0 Å². The van der Waals surface area contributed by atoms with E-state index in [4.69, 9.17) is 4.55 Å². The van der Waals surface area contributed by atoms with Crippen LogP contribution in [0.2, 0.25) is 0 Å². The predicted molar refractivity (Wildman–Crippen MR) is 44.0 cm³/mol. The first-order valence-electron chi connectivity index (χ1n) is 2.46. The molecule has 0 saturated carbocycles. The average molecular weight is 232 g/mol. The van der Waals surface area contributed by atoms with Crippen LogP contribution in [0, 0.1) is 0 Å². The molecule has 0 aliphatic rings. The van der Waals surface area contributed by atoms with Crippen LogP contribution >= 0.6 is 0 Å². The zero-order valence-corrected chi connectivity index (χ0v) is 5.47. The Morgan fingerprint density at radius 2 is 1.70 bits per heavy atom. The van der Waals surface area contributed by atoms with Gasteiger partial charge in [0, 0.05) is 0 Å². The minimum absolute atomic E-state index is 0. The molecule has 1 N–H and O–H groups in total. The van der Waals surface area contributed by atoms with Crippen LogP contribution in [-0.2, 0) is 11.1 Å². The molecule has 10 heavy (non-hydrogen) atoms. The summed E-state index contributed by atoms with van der Waals surface area (Å²) in [5, 5.41) is 0. The number of hydrogen-bond donors (Lipinski definition) is 1. The van der Waals surface area contributed by atoms with Gasteiger partial charge in [0.25, 0.3) is 0 Å². The van der Waals surface area contributed by atoms with E-state index in [0.29, 0.717) is 4.90 Å². The van der Waals surface area contributed by atoms with E-state index in [1.807, 2.05) is 0 Å². The molecule has 1 rings (SSSR count). The Labute approximate surface area is 99.2 Å². The fourth-order valence-electron chi connectivity index (χ4n) is 0.537. The third kappa shape index (κ3) is 3.28. The van der Waals surface area contributed by atoms with Crippen LogP contribution < -0.4 is 0 Å². The Bertz CT molecular complexity index is 212. The van der Waals surface area contributed by atoms with E-state index in [1.54, 1.807) is 30.3 Å². The second-order valence-electron chi connectivity index (χ2n) is 1.56. The number of hydrogen-bond acceptors (Lipinski definition) is 1. The van der Waals surface area contributed by atoms with Gasteiger partial charge in [-0.3, -0.25) is 0 Å². The van der Waals surface area contributed by atoms with E-state index in [-0.39, 0.29) is 45.5 Å². The Balaban J connectivity index is 0.000000810. The maximum atomic E-state index is 10.3. The maximum absolute atomic E-state index is 10.3. The van der Waals surface area contributed by atoms with E-state index >= 15 is 0 Å². The van der Waals surface area contributed by atoms with Crippen LogP contribution in [0.1, 0.15) is 0 Å². The summed E-state index contributed by atoms with van der Waals surface area (Å²) in [4.78, 5) is 0.442. The van der Waals surface area contributed by atoms with E-state index < -0.39 is 11.1 Å². The van der Waals surface area contributed by atoms with Crippen molar-refractivity contribution in [2.24, 2.45) is 0 Å². The summed E-state index contributed by atoms with van der Waals surface area (Å²) in [6.45, 7) is 0. The van der Waals surface area contributed by atoms with Gasteiger partial charge in [-0.2, -0.15) is 0 Å².